The summed E-state index contributed by atoms with van der Waals surface area (Å²) in [5.41, 5.74) is 0.897. The molecule has 2 aromatic carbocycles. The average Bonchev–Trinajstić information content (AvgIpc) is 3.04. The summed E-state index contributed by atoms with van der Waals surface area (Å²) in [5.74, 6) is 1.48. The molecule has 0 saturated heterocycles. The van der Waals surface area contributed by atoms with E-state index < -0.39 is 0 Å². The monoisotopic (exact) mass is 371 g/mol. The number of nitrogens with zero attached hydrogens (tertiary/aromatic N) is 2. The summed E-state index contributed by atoms with van der Waals surface area (Å²) in [6.07, 6.45) is 0. The highest BCUT2D eigenvalue weighted by Gasteiger charge is 2.10. The van der Waals surface area contributed by atoms with Crippen molar-refractivity contribution in [1.29, 1.82) is 0 Å². The number of amides is 1. The van der Waals surface area contributed by atoms with Crippen molar-refractivity contribution in [2.24, 2.45) is 0 Å². The van der Waals surface area contributed by atoms with Crippen LogP contribution in [0.1, 0.15) is 0 Å². The van der Waals surface area contributed by atoms with E-state index in [1.54, 1.807) is 7.11 Å². The quantitative estimate of drug-likeness (QED) is 0.658. The third-order valence-electron chi connectivity index (χ3n) is 3.75. The van der Waals surface area contributed by atoms with Gasteiger partial charge in [0.15, 0.2) is 5.13 Å². The van der Waals surface area contributed by atoms with Gasteiger partial charge < -0.3 is 14.8 Å². The number of nitrogens with one attached hydrogen (secondary N) is 1. The first-order valence-corrected chi connectivity index (χ1v) is 9.06. The van der Waals surface area contributed by atoms with Crippen LogP contribution in [0.2, 0.25) is 0 Å². The van der Waals surface area contributed by atoms with Crippen molar-refractivity contribution in [2.75, 3.05) is 39.2 Å². The predicted molar refractivity (Wildman–Crippen MR) is 104 cm³/mol. The van der Waals surface area contributed by atoms with Crippen LogP contribution in [-0.2, 0) is 4.79 Å². The molecule has 1 amide bonds. The van der Waals surface area contributed by atoms with Crippen molar-refractivity contribution in [3.05, 3.63) is 48.5 Å². The van der Waals surface area contributed by atoms with Crippen LogP contribution in [0.3, 0.4) is 0 Å². The van der Waals surface area contributed by atoms with Crippen LogP contribution in [-0.4, -0.2) is 49.6 Å². The van der Waals surface area contributed by atoms with Gasteiger partial charge in [-0.15, -0.1) is 0 Å². The number of rotatable bonds is 8. The molecule has 0 aliphatic rings. The largest absolute Gasteiger partial charge is 0.497 e. The molecule has 0 saturated carbocycles. The minimum absolute atomic E-state index is 0.0870. The van der Waals surface area contributed by atoms with E-state index in [-0.39, 0.29) is 12.5 Å². The highest BCUT2D eigenvalue weighted by atomic mass is 32.1. The van der Waals surface area contributed by atoms with Gasteiger partial charge in [-0.25, -0.2) is 4.98 Å². The van der Waals surface area contributed by atoms with Gasteiger partial charge in [0.2, 0.25) is 5.91 Å². The second-order valence-electron chi connectivity index (χ2n) is 5.80. The number of hydrogen-bond donors (Lipinski definition) is 1. The molecule has 6 nitrogen and oxygen atoms in total. The highest BCUT2D eigenvalue weighted by molar-refractivity contribution is 7.22. The Morgan fingerprint density at radius 3 is 2.62 bits per heavy atom. The Morgan fingerprint density at radius 2 is 1.88 bits per heavy atom. The number of fused-ring (bicyclic) bond motifs is 1. The summed E-state index contributed by atoms with van der Waals surface area (Å²) in [7, 11) is 3.51. The normalized spacial score (nSPS) is 10.9. The minimum atomic E-state index is -0.0870. The zero-order valence-corrected chi connectivity index (χ0v) is 15.6. The zero-order valence-electron chi connectivity index (χ0n) is 14.8. The number of benzene rings is 2. The number of methoxy groups -OCH3 is 1. The molecule has 0 atom stereocenters. The van der Waals surface area contributed by atoms with Crippen molar-refractivity contribution in [2.45, 2.75) is 0 Å². The predicted octanol–water partition coefficient (Wildman–Crippen LogP) is 3.25. The topological polar surface area (TPSA) is 63.7 Å². The van der Waals surface area contributed by atoms with Crippen LogP contribution >= 0.6 is 11.3 Å². The maximum absolute atomic E-state index is 12.2. The standard InChI is InChI=1S/C19H21N3O3S/c1-22(11-12-25-15-9-7-14(24-2)8-10-15)13-18(23)21-19-20-16-5-3-4-6-17(16)26-19/h3-10H,11-13H2,1-2H3,(H,20,21,23). The first-order chi connectivity index (χ1) is 12.6. The molecule has 0 bridgehead atoms. The summed E-state index contributed by atoms with van der Waals surface area (Å²) in [6.45, 7) is 1.42. The zero-order chi connectivity index (χ0) is 18.4. The highest BCUT2D eigenvalue weighted by Crippen LogP contribution is 2.25. The lowest BCUT2D eigenvalue weighted by Crippen LogP contribution is -2.33. The number of thiazole rings is 1. The van der Waals surface area contributed by atoms with E-state index in [2.05, 4.69) is 10.3 Å². The molecule has 3 rings (SSSR count). The number of aromatic nitrogens is 1. The lowest BCUT2D eigenvalue weighted by molar-refractivity contribution is -0.117. The van der Waals surface area contributed by atoms with Crippen molar-refractivity contribution in [3.63, 3.8) is 0 Å². The van der Waals surface area contributed by atoms with Gasteiger partial charge in [-0.05, 0) is 43.4 Å². The SMILES string of the molecule is COc1ccc(OCCN(C)CC(=O)Nc2nc3ccccc3s2)cc1. The third-order valence-corrected chi connectivity index (χ3v) is 4.71. The van der Waals surface area contributed by atoms with Gasteiger partial charge in [-0.1, -0.05) is 23.5 Å². The van der Waals surface area contributed by atoms with Crippen molar-refractivity contribution in [3.8, 4) is 11.5 Å². The molecular weight excluding hydrogens is 350 g/mol. The van der Waals surface area contributed by atoms with E-state index in [0.29, 0.717) is 18.3 Å². The number of carbonyl (C=O) groups is 1. The van der Waals surface area contributed by atoms with Gasteiger partial charge in [0.05, 0.1) is 23.9 Å². The Bertz CT molecular complexity index is 831. The molecule has 0 fully saturated rings. The molecule has 0 aliphatic heterocycles. The number of carbonyl (C=O) groups excluding carboxylic acids is 1. The average molecular weight is 371 g/mol. The van der Waals surface area contributed by atoms with E-state index >= 15 is 0 Å². The molecule has 1 aromatic heterocycles. The van der Waals surface area contributed by atoms with E-state index in [4.69, 9.17) is 9.47 Å². The minimum Gasteiger partial charge on any atom is -0.497 e. The van der Waals surface area contributed by atoms with E-state index in [1.807, 2.05) is 60.5 Å². The fraction of sp³-hybridized carbons (Fsp3) is 0.263. The maximum atomic E-state index is 12.2. The number of anilines is 1. The molecule has 136 valence electrons. The number of hydrogen-bond acceptors (Lipinski definition) is 6. The van der Waals surface area contributed by atoms with Crippen LogP contribution < -0.4 is 14.8 Å². The Morgan fingerprint density at radius 1 is 1.15 bits per heavy atom. The van der Waals surface area contributed by atoms with Gasteiger partial charge in [0.1, 0.15) is 18.1 Å². The second-order valence-corrected chi connectivity index (χ2v) is 6.83. The Labute approximate surface area is 156 Å². The summed E-state index contributed by atoms with van der Waals surface area (Å²) in [5, 5.41) is 3.48. The Hall–Kier alpha value is -2.64. The van der Waals surface area contributed by atoms with Gasteiger partial charge in [0.25, 0.3) is 0 Å². The van der Waals surface area contributed by atoms with Crippen LogP contribution in [0, 0.1) is 0 Å². The number of likely N-dealkylation sites (N-methyl/N-ethyl adjacent to an activating group) is 1. The fourth-order valence-electron chi connectivity index (χ4n) is 2.40. The molecule has 7 heteroatoms. The van der Waals surface area contributed by atoms with Crippen molar-refractivity contribution < 1.29 is 14.3 Å². The van der Waals surface area contributed by atoms with Crippen LogP contribution in [0.5, 0.6) is 11.5 Å². The molecule has 26 heavy (non-hydrogen) atoms. The van der Waals surface area contributed by atoms with Crippen molar-refractivity contribution in [1.82, 2.24) is 9.88 Å². The molecule has 3 aromatic rings. The Kier molecular flexibility index (Phi) is 6.04. The van der Waals surface area contributed by atoms with Gasteiger partial charge in [0, 0.05) is 6.54 Å². The van der Waals surface area contributed by atoms with E-state index in [0.717, 1.165) is 21.7 Å². The number of para-hydroxylation sites is 1. The van der Waals surface area contributed by atoms with Crippen LogP contribution in [0.25, 0.3) is 10.2 Å². The molecule has 0 aliphatic carbocycles. The summed E-state index contributed by atoms with van der Waals surface area (Å²) < 4.78 is 11.8. The van der Waals surface area contributed by atoms with Gasteiger partial charge in [-0.2, -0.15) is 0 Å². The van der Waals surface area contributed by atoms with Crippen LogP contribution in [0.4, 0.5) is 5.13 Å². The van der Waals surface area contributed by atoms with E-state index in [1.165, 1.54) is 11.3 Å². The second kappa shape index (κ2) is 8.64. The molecule has 0 radical (unpaired) electrons. The fourth-order valence-corrected chi connectivity index (χ4v) is 3.28. The summed E-state index contributed by atoms with van der Waals surface area (Å²) in [6, 6.07) is 15.2. The molecule has 1 heterocycles. The smallest absolute Gasteiger partial charge is 0.240 e. The third kappa shape index (κ3) is 4.93. The maximum Gasteiger partial charge on any atom is 0.240 e. The summed E-state index contributed by atoms with van der Waals surface area (Å²) in [4.78, 5) is 18.5. The summed E-state index contributed by atoms with van der Waals surface area (Å²) >= 11 is 1.47. The van der Waals surface area contributed by atoms with Gasteiger partial charge in [-0.3, -0.25) is 9.69 Å². The lowest BCUT2D eigenvalue weighted by atomic mass is 10.3. The first-order valence-electron chi connectivity index (χ1n) is 8.25. The van der Waals surface area contributed by atoms with Crippen LogP contribution in [0.15, 0.2) is 48.5 Å². The van der Waals surface area contributed by atoms with Gasteiger partial charge >= 0.3 is 0 Å². The molecule has 0 unspecified atom stereocenters. The van der Waals surface area contributed by atoms with E-state index in [9.17, 15) is 4.79 Å². The molecule has 1 N–H and O–H groups in total. The first kappa shape index (κ1) is 18.2. The lowest BCUT2D eigenvalue weighted by Gasteiger charge is -2.16. The Balaban J connectivity index is 1.42. The number of ether oxygens (including phenoxy) is 2. The molecular formula is C19H21N3O3S. The molecule has 0 spiro atoms. The van der Waals surface area contributed by atoms with Crippen molar-refractivity contribution >= 4 is 32.6 Å².